The molecule has 0 aliphatic carbocycles. The van der Waals surface area contributed by atoms with Gasteiger partial charge in [0.05, 0.1) is 6.61 Å². The highest BCUT2D eigenvalue weighted by Gasteiger charge is 2.47. The van der Waals surface area contributed by atoms with E-state index in [1.807, 2.05) is 0 Å². The number of allylic oxidation sites excluding steroid dienone is 6. The van der Waals surface area contributed by atoms with Crippen molar-refractivity contribution in [1.29, 1.82) is 0 Å². The minimum Gasteiger partial charge on any atom is -0.479 e. The second-order valence-corrected chi connectivity index (χ2v) is 16.9. The molecule has 11 heteroatoms. The van der Waals surface area contributed by atoms with Gasteiger partial charge in [0, 0.05) is 12.8 Å². The zero-order valence-electron chi connectivity index (χ0n) is 38.4. The maximum absolute atomic E-state index is 12.8. The number of carboxylic acids is 1. The predicted molar refractivity (Wildman–Crippen MR) is 243 cm³/mol. The maximum Gasteiger partial charge on any atom is 0.335 e. The number of rotatable bonds is 41. The number of carbonyl (C=O) groups is 3. The number of unbranched alkanes of at least 4 members (excludes halogenated alkanes) is 24. The molecule has 0 aromatic rings. The molecule has 0 aromatic carbocycles. The average molecular weight is 865 g/mol. The molecule has 0 saturated carbocycles. The van der Waals surface area contributed by atoms with E-state index in [0.29, 0.717) is 12.8 Å². The first-order valence-corrected chi connectivity index (χ1v) is 24.5. The minimum absolute atomic E-state index is 0.184. The third-order valence-corrected chi connectivity index (χ3v) is 11.3. The van der Waals surface area contributed by atoms with Gasteiger partial charge in [-0.05, 0) is 44.9 Å². The van der Waals surface area contributed by atoms with Gasteiger partial charge >= 0.3 is 17.9 Å². The second kappa shape index (κ2) is 40.2. The van der Waals surface area contributed by atoms with Crippen LogP contribution in [0.2, 0.25) is 0 Å². The largest absolute Gasteiger partial charge is 0.479 e. The number of carboxylic acid groups (broad SMARTS) is 1. The highest BCUT2D eigenvalue weighted by molar-refractivity contribution is 5.73. The highest BCUT2D eigenvalue weighted by Crippen LogP contribution is 2.23. The molecule has 61 heavy (non-hydrogen) atoms. The molecule has 1 fully saturated rings. The van der Waals surface area contributed by atoms with Crippen LogP contribution >= 0.6 is 0 Å². The van der Waals surface area contributed by atoms with E-state index in [4.69, 9.17) is 18.9 Å². The number of hydrogen-bond acceptors (Lipinski definition) is 10. The molecular weight excluding hydrogens is 777 g/mol. The molecule has 11 nitrogen and oxygen atoms in total. The van der Waals surface area contributed by atoms with Crippen molar-refractivity contribution in [2.75, 3.05) is 13.2 Å². The fraction of sp³-hybridized carbons (Fsp3) is 0.820. The standard InChI is InChI=1S/C50H88O11/c1-3-5-7-9-11-13-15-17-19-21-23-25-27-29-31-33-35-37-39-44(52)60-42(41-59-50-47(55)45(53)46(54)48(61-50)49(56)57)40-58-43(51)38-36-34-32-30-28-26-24-22-20-18-16-14-12-10-8-6-4-2/h6,8,12,14,18,20,42,45-48,50,53-55H,3-5,7,9-11,13,15-17,19,21-41H2,1-2H3,(H,56,57)/b8-6-,14-12-,20-18-. The third-order valence-electron chi connectivity index (χ3n) is 11.3. The Bertz CT molecular complexity index is 1150. The summed E-state index contributed by atoms with van der Waals surface area (Å²) in [5.41, 5.74) is 0. The van der Waals surface area contributed by atoms with Gasteiger partial charge in [-0.2, -0.15) is 0 Å². The molecular formula is C50H88O11. The second-order valence-electron chi connectivity index (χ2n) is 16.9. The van der Waals surface area contributed by atoms with Gasteiger partial charge in [0.2, 0.25) is 0 Å². The van der Waals surface area contributed by atoms with Gasteiger partial charge in [-0.1, -0.05) is 192 Å². The molecule has 1 rings (SSSR count). The maximum atomic E-state index is 12.8. The smallest absolute Gasteiger partial charge is 0.335 e. The van der Waals surface area contributed by atoms with Crippen LogP contribution < -0.4 is 0 Å². The van der Waals surface area contributed by atoms with Crippen molar-refractivity contribution in [2.24, 2.45) is 0 Å². The summed E-state index contributed by atoms with van der Waals surface area (Å²) in [6, 6.07) is 0. The van der Waals surface area contributed by atoms with Crippen molar-refractivity contribution < 1.29 is 53.8 Å². The van der Waals surface area contributed by atoms with Crippen LogP contribution in [0.1, 0.15) is 213 Å². The van der Waals surface area contributed by atoms with Gasteiger partial charge in [-0.3, -0.25) is 9.59 Å². The Labute approximate surface area is 370 Å². The van der Waals surface area contributed by atoms with Gasteiger partial charge in [0.1, 0.15) is 24.9 Å². The minimum atomic E-state index is -1.86. The number of aliphatic carboxylic acids is 1. The average Bonchev–Trinajstić information content (AvgIpc) is 3.24. The SMILES string of the molecule is CC/C=C\C/C=C\C/C=C\CCCCCCCCCC(=O)OCC(COC1OC(C(=O)O)C(O)C(O)C1O)OC(=O)CCCCCCCCCCCCCCCCCCCC. The number of ether oxygens (including phenoxy) is 4. The Morgan fingerprint density at radius 2 is 0.967 bits per heavy atom. The van der Waals surface area contributed by atoms with Crippen LogP contribution in [0.25, 0.3) is 0 Å². The van der Waals surface area contributed by atoms with Crippen molar-refractivity contribution in [1.82, 2.24) is 0 Å². The lowest BCUT2D eigenvalue weighted by molar-refractivity contribution is -0.298. The Morgan fingerprint density at radius 1 is 0.525 bits per heavy atom. The van der Waals surface area contributed by atoms with E-state index in [-0.39, 0.29) is 19.4 Å². The number of esters is 2. The van der Waals surface area contributed by atoms with Crippen LogP contribution in [-0.2, 0) is 33.3 Å². The molecule has 1 aliphatic rings. The molecule has 0 bridgehead atoms. The predicted octanol–water partition coefficient (Wildman–Crippen LogP) is 11.2. The molecule has 1 aliphatic heterocycles. The Hall–Kier alpha value is -2.57. The molecule has 6 atom stereocenters. The van der Waals surface area contributed by atoms with E-state index in [2.05, 4.69) is 50.3 Å². The zero-order valence-corrected chi connectivity index (χ0v) is 38.4. The molecule has 6 unspecified atom stereocenters. The normalized spacial score (nSPS) is 19.9. The molecule has 1 heterocycles. The fourth-order valence-corrected chi connectivity index (χ4v) is 7.42. The lowest BCUT2D eigenvalue weighted by atomic mass is 9.99. The first-order valence-electron chi connectivity index (χ1n) is 24.5. The van der Waals surface area contributed by atoms with Crippen LogP contribution in [0.3, 0.4) is 0 Å². The molecule has 1 saturated heterocycles. The van der Waals surface area contributed by atoms with Crippen molar-refractivity contribution in [3.05, 3.63) is 36.5 Å². The van der Waals surface area contributed by atoms with E-state index < -0.39 is 61.3 Å². The number of aliphatic hydroxyl groups is 3. The summed E-state index contributed by atoms with van der Waals surface area (Å²) in [7, 11) is 0. The van der Waals surface area contributed by atoms with Crippen LogP contribution in [0.5, 0.6) is 0 Å². The summed E-state index contributed by atoms with van der Waals surface area (Å²) < 4.78 is 21.8. The lowest BCUT2D eigenvalue weighted by Gasteiger charge is -2.38. The monoisotopic (exact) mass is 865 g/mol. The van der Waals surface area contributed by atoms with Gasteiger partial charge in [0.25, 0.3) is 0 Å². The van der Waals surface area contributed by atoms with Crippen molar-refractivity contribution in [3.8, 4) is 0 Å². The summed E-state index contributed by atoms with van der Waals surface area (Å²) in [4.78, 5) is 36.9. The van der Waals surface area contributed by atoms with E-state index in [1.54, 1.807) is 0 Å². The Kier molecular flexibility index (Phi) is 37.2. The Morgan fingerprint density at radius 3 is 1.46 bits per heavy atom. The summed E-state index contributed by atoms with van der Waals surface area (Å²) in [6.07, 6.45) is 37.6. The number of carbonyl (C=O) groups excluding carboxylic acids is 2. The summed E-state index contributed by atoms with van der Waals surface area (Å²) >= 11 is 0. The number of hydrogen-bond donors (Lipinski definition) is 4. The van der Waals surface area contributed by atoms with Crippen LogP contribution in [0.4, 0.5) is 0 Å². The summed E-state index contributed by atoms with van der Waals surface area (Å²) in [5.74, 6) is -2.45. The summed E-state index contributed by atoms with van der Waals surface area (Å²) in [6.45, 7) is 3.72. The summed E-state index contributed by atoms with van der Waals surface area (Å²) in [5, 5.41) is 39.9. The van der Waals surface area contributed by atoms with Crippen molar-refractivity contribution in [2.45, 2.75) is 250 Å². The first-order chi connectivity index (χ1) is 29.7. The molecule has 4 N–H and O–H groups in total. The quantitative estimate of drug-likeness (QED) is 0.0262. The van der Waals surface area contributed by atoms with E-state index in [1.165, 1.54) is 103 Å². The van der Waals surface area contributed by atoms with E-state index >= 15 is 0 Å². The van der Waals surface area contributed by atoms with E-state index in [9.17, 15) is 34.8 Å². The highest BCUT2D eigenvalue weighted by atomic mass is 16.7. The molecule has 0 radical (unpaired) electrons. The first kappa shape index (κ1) is 56.4. The van der Waals surface area contributed by atoms with Crippen LogP contribution in [0.15, 0.2) is 36.5 Å². The van der Waals surface area contributed by atoms with Crippen LogP contribution in [-0.4, -0.2) is 88.4 Å². The van der Waals surface area contributed by atoms with Crippen molar-refractivity contribution in [3.63, 3.8) is 0 Å². The van der Waals surface area contributed by atoms with E-state index in [0.717, 1.165) is 70.6 Å². The van der Waals surface area contributed by atoms with Crippen molar-refractivity contribution >= 4 is 17.9 Å². The van der Waals surface area contributed by atoms with Crippen LogP contribution in [0, 0.1) is 0 Å². The zero-order chi connectivity index (χ0) is 44.6. The number of aliphatic hydroxyl groups excluding tert-OH is 3. The molecule has 0 aromatic heterocycles. The van der Waals surface area contributed by atoms with Gasteiger partial charge in [-0.15, -0.1) is 0 Å². The molecule has 0 amide bonds. The third kappa shape index (κ3) is 31.9. The Balaban J connectivity index is 2.32. The molecule has 0 spiro atoms. The van der Waals surface area contributed by atoms with Gasteiger partial charge < -0.3 is 39.4 Å². The topological polar surface area (TPSA) is 169 Å². The van der Waals surface area contributed by atoms with Gasteiger partial charge in [-0.25, -0.2) is 4.79 Å². The lowest BCUT2D eigenvalue weighted by Crippen LogP contribution is -2.60. The fourth-order valence-electron chi connectivity index (χ4n) is 7.42. The molecule has 354 valence electrons. The van der Waals surface area contributed by atoms with Gasteiger partial charge in [0.15, 0.2) is 18.5 Å².